The zero-order chi connectivity index (χ0) is 26.9. The van der Waals surface area contributed by atoms with E-state index in [1.165, 1.54) is 12.1 Å². The van der Waals surface area contributed by atoms with E-state index in [4.69, 9.17) is 11.6 Å². The fraction of sp³-hybridized carbons (Fsp3) is 0.241. The van der Waals surface area contributed by atoms with Crippen molar-refractivity contribution in [3.63, 3.8) is 0 Å². The van der Waals surface area contributed by atoms with Gasteiger partial charge in [0.2, 0.25) is 0 Å². The molecule has 196 valence electrons. The van der Waals surface area contributed by atoms with E-state index in [0.717, 1.165) is 57.5 Å². The first-order valence-electron chi connectivity index (χ1n) is 12.3. The van der Waals surface area contributed by atoms with Crippen LogP contribution in [0.4, 0.5) is 18.0 Å². The lowest BCUT2D eigenvalue weighted by molar-refractivity contribution is -0.137. The number of aromatic nitrogens is 2. The van der Waals surface area contributed by atoms with Crippen molar-refractivity contribution >= 4 is 34.6 Å². The molecule has 1 aliphatic heterocycles. The van der Waals surface area contributed by atoms with Gasteiger partial charge in [-0.1, -0.05) is 48.0 Å². The molecule has 38 heavy (non-hydrogen) atoms. The SMILES string of the molecule is Cc1ccc2c3c(n(C(=O)NCc4ccnc(Cl)c4)c2c1)CCN(CC=Cc1ccc(C(F)(F)F)cc1)C3. The zero-order valence-electron chi connectivity index (χ0n) is 20.7. The second-order valence-electron chi connectivity index (χ2n) is 9.43. The molecule has 0 saturated heterocycles. The number of amides is 1. The standard InChI is InChI=1S/C29H26ClF3N4O/c1-19-4-9-23-24-18-36(13-2-3-20-5-7-22(8-6-20)29(31,32)33)14-11-25(24)37(26(23)15-19)28(38)35-17-21-10-12-34-27(30)16-21/h2-10,12,15-16H,11,13-14,17-18H2,1H3,(H,35,38). The summed E-state index contributed by atoms with van der Waals surface area (Å²) in [7, 11) is 0. The molecule has 0 spiro atoms. The molecule has 0 bridgehead atoms. The van der Waals surface area contributed by atoms with Crippen LogP contribution < -0.4 is 5.32 Å². The maximum Gasteiger partial charge on any atom is 0.416 e. The second-order valence-corrected chi connectivity index (χ2v) is 9.82. The summed E-state index contributed by atoms with van der Waals surface area (Å²) in [5.41, 5.74) is 5.00. The van der Waals surface area contributed by atoms with Gasteiger partial charge in [0.15, 0.2) is 0 Å². The first-order valence-corrected chi connectivity index (χ1v) is 12.6. The predicted octanol–water partition coefficient (Wildman–Crippen LogP) is 6.85. The summed E-state index contributed by atoms with van der Waals surface area (Å²) in [6, 6.07) is 14.6. The number of nitrogens with zero attached hydrogens (tertiary/aromatic N) is 3. The van der Waals surface area contributed by atoms with E-state index in [1.54, 1.807) is 16.8 Å². The Labute approximate surface area is 223 Å². The van der Waals surface area contributed by atoms with E-state index in [1.807, 2.05) is 37.3 Å². The van der Waals surface area contributed by atoms with Crippen LogP contribution in [0, 0.1) is 6.92 Å². The molecule has 1 amide bonds. The van der Waals surface area contributed by atoms with Gasteiger partial charge in [-0.05, 0) is 59.5 Å². The van der Waals surface area contributed by atoms with Crippen molar-refractivity contribution in [2.45, 2.75) is 32.6 Å². The van der Waals surface area contributed by atoms with Gasteiger partial charge in [0.1, 0.15) is 5.15 Å². The number of carbonyl (C=O) groups is 1. The first kappa shape index (κ1) is 26.0. The van der Waals surface area contributed by atoms with Crippen molar-refractivity contribution in [3.8, 4) is 0 Å². The molecule has 2 aromatic heterocycles. The van der Waals surface area contributed by atoms with Crippen LogP contribution in [-0.2, 0) is 25.7 Å². The van der Waals surface area contributed by atoms with Crippen molar-refractivity contribution in [1.29, 1.82) is 0 Å². The van der Waals surface area contributed by atoms with Gasteiger partial charge in [-0.15, -0.1) is 0 Å². The summed E-state index contributed by atoms with van der Waals surface area (Å²) >= 11 is 5.98. The quantitative estimate of drug-likeness (QED) is 0.283. The molecule has 0 saturated carbocycles. The number of aryl methyl sites for hydroxylation is 1. The van der Waals surface area contributed by atoms with Gasteiger partial charge in [0.25, 0.3) is 0 Å². The maximum atomic E-state index is 13.4. The lowest BCUT2D eigenvalue weighted by atomic mass is 10.0. The summed E-state index contributed by atoms with van der Waals surface area (Å²) in [6.07, 6.45) is 1.77. The highest BCUT2D eigenvalue weighted by atomic mass is 35.5. The van der Waals surface area contributed by atoms with Crippen LogP contribution >= 0.6 is 11.6 Å². The molecule has 0 fully saturated rings. The Hall–Kier alpha value is -3.62. The average molecular weight is 539 g/mol. The molecule has 0 aliphatic carbocycles. The molecule has 1 N–H and O–H groups in total. The Bertz CT molecular complexity index is 1510. The Morgan fingerprint density at radius 3 is 2.66 bits per heavy atom. The van der Waals surface area contributed by atoms with Crippen molar-refractivity contribution in [1.82, 2.24) is 19.8 Å². The van der Waals surface area contributed by atoms with Crippen LogP contribution in [0.1, 0.15) is 33.5 Å². The van der Waals surface area contributed by atoms with E-state index in [9.17, 15) is 18.0 Å². The third-order valence-corrected chi connectivity index (χ3v) is 6.94. The third kappa shape index (κ3) is 5.61. The summed E-state index contributed by atoms with van der Waals surface area (Å²) in [5.74, 6) is 0. The van der Waals surface area contributed by atoms with Crippen LogP contribution in [0.2, 0.25) is 5.15 Å². The van der Waals surface area contributed by atoms with Crippen LogP contribution in [-0.4, -0.2) is 33.6 Å². The molecule has 2 aromatic carbocycles. The number of nitrogens with one attached hydrogen (secondary N) is 1. The van der Waals surface area contributed by atoms with Gasteiger partial charge in [0, 0.05) is 49.9 Å². The average Bonchev–Trinajstić information content (AvgIpc) is 3.20. The normalized spacial score (nSPS) is 14.2. The Morgan fingerprint density at radius 1 is 1.13 bits per heavy atom. The summed E-state index contributed by atoms with van der Waals surface area (Å²) in [5, 5.41) is 4.43. The minimum atomic E-state index is -4.34. The third-order valence-electron chi connectivity index (χ3n) is 6.73. The minimum Gasteiger partial charge on any atom is -0.333 e. The Balaban J connectivity index is 1.33. The van der Waals surface area contributed by atoms with Gasteiger partial charge in [-0.2, -0.15) is 13.2 Å². The highest BCUT2D eigenvalue weighted by Gasteiger charge is 2.30. The summed E-state index contributed by atoms with van der Waals surface area (Å²) in [4.78, 5) is 19.6. The van der Waals surface area contributed by atoms with Crippen LogP contribution in [0.25, 0.3) is 17.0 Å². The van der Waals surface area contributed by atoms with E-state index in [0.29, 0.717) is 31.2 Å². The first-order chi connectivity index (χ1) is 18.2. The number of benzene rings is 2. The zero-order valence-corrected chi connectivity index (χ0v) is 21.5. The largest absolute Gasteiger partial charge is 0.416 e. The molecule has 0 unspecified atom stereocenters. The molecule has 0 atom stereocenters. The minimum absolute atomic E-state index is 0.189. The smallest absolute Gasteiger partial charge is 0.333 e. The highest BCUT2D eigenvalue weighted by molar-refractivity contribution is 6.29. The summed E-state index contributed by atoms with van der Waals surface area (Å²) < 4.78 is 40.2. The number of pyridine rings is 1. The lowest BCUT2D eigenvalue weighted by Gasteiger charge is -2.27. The van der Waals surface area contributed by atoms with Crippen molar-refractivity contribution in [3.05, 3.63) is 106 Å². The molecule has 1 aliphatic rings. The van der Waals surface area contributed by atoms with Gasteiger partial charge < -0.3 is 5.32 Å². The highest BCUT2D eigenvalue weighted by Crippen LogP contribution is 2.32. The monoisotopic (exact) mass is 538 g/mol. The molecule has 0 radical (unpaired) electrons. The van der Waals surface area contributed by atoms with E-state index in [2.05, 4.69) is 21.3 Å². The van der Waals surface area contributed by atoms with Crippen LogP contribution in [0.5, 0.6) is 0 Å². The molecule has 5 nitrogen and oxygen atoms in total. The van der Waals surface area contributed by atoms with Crippen LogP contribution in [0.3, 0.4) is 0 Å². The van der Waals surface area contributed by atoms with Gasteiger partial charge in [0.05, 0.1) is 11.1 Å². The van der Waals surface area contributed by atoms with Crippen molar-refractivity contribution in [2.75, 3.05) is 13.1 Å². The maximum absolute atomic E-state index is 13.4. The lowest BCUT2D eigenvalue weighted by Crippen LogP contribution is -2.34. The molecule has 3 heterocycles. The Morgan fingerprint density at radius 2 is 1.92 bits per heavy atom. The topological polar surface area (TPSA) is 50.2 Å². The van der Waals surface area contributed by atoms with Gasteiger partial charge >= 0.3 is 12.2 Å². The molecule has 4 aromatic rings. The van der Waals surface area contributed by atoms with E-state index < -0.39 is 11.7 Å². The number of rotatable bonds is 5. The van der Waals surface area contributed by atoms with E-state index in [-0.39, 0.29) is 6.03 Å². The molecule has 5 rings (SSSR count). The van der Waals surface area contributed by atoms with Crippen molar-refractivity contribution in [2.24, 2.45) is 0 Å². The van der Waals surface area contributed by atoms with Crippen molar-refractivity contribution < 1.29 is 18.0 Å². The second kappa shape index (κ2) is 10.6. The molecular formula is C29H26ClF3N4O. The number of hydrogen-bond donors (Lipinski definition) is 1. The van der Waals surface area contributed by atoms with E-state index >= 15 is 0 Å². The number of carbonyl (C=O) groups excluding carboxylic acids is 1. The molecular weight excluding hydrogens is 513 g/mol. The summed E-state index contributed by atoms with van der Waals surface area (Å²) in [6.45, 7) is 4.42. The number of alkyl halides is 3. The van der Waals surface area contributed by atoms with Crippen LogP contribution in [0.15, 0.2) is 66.9 Å². The van der Waals surface area contributed by atoms with Gasteiger partial charge in [-0.3, -0.25) is 9.47 Å². The number of halogens is 4. The molecule has 9 heteroatoms. The fourth-order valence-corrected chi connectivity index (χ4v) is 5.04. The number of hydrogen-bond acceptors (Lipinski definition) is 3. The number of fused-ring (bicyclic) bond motifs is 3. The Kier molecular flexibility index (Phi) is 7.27. The fourth-order valence-electron chi connectivity index (χ4n) is 4.84. The van der Waals surface area contributed by atoms with Gasteiger partial charge in [-0.25, -0.2) is 9.78 Å². The predicted molar refractivity (Wildman–Crippen MR) is 143 cm³/mol.